The van der Waals surface area contributed by atoms with Gasteiger partial charge in [0.05, 0.1) is 0 Å². The molecule has 11 heavy (non-hydrogen) atoms. The summed E-state index contributed by atoms with van der Waals surface area (Å²) in [4.78, 5) is 4.08. The van der Waals surface area contributed by atoms with E-state index >= 15 is 0 Å². The van der Waals surface area contributed by atoms with Crippen molar-refractivity contribution in [3.05, 3.63) is 28.0 Å². The van der Waals surface area contributed by atoms with E-state index in [0.717, 1.165) is 5.56 Å². The maximum Gasteiger partial charge on any atom is 0.131 e. The Labute approximate surface area is 83.9 Å². The Morgan fingerprint density at radius 2 is 1.82 bits per heavy atom. The highest BCUT2D eigenvalue weighted by Gasteiger charge is 2.03. The van der Waals surface area contributed by atoms with E-state index in [1.54, 1.807) is 12.1 Å². The first-order chi connectivity index (χ1) is 5.09. The van der Waals surface area contributed by atoms with Crippen LogP contribution in [0.3, 0.4) is 0 Å². The van der Waals surface area contributed by atoms with E-state index in [2.05, 4.69) is 20.9 Å². The molecule has 0 N–H and O–H groups in total. The lowest BCUT2D eigenvalue weighted by Gasteiger charge is -2.03. The van der Waals surface area contributed by atoms with Crippen LogP contribution in [0.25, 0.3) is 0 Å². The second-order valence-corrected chi connectivity index (χ2v) is 4.31. The maximum atomic E-state index is 5.68. The molecule has 1 rings (SSSR count). The Morgan fingerprint density at radius 3 is 2.18 bits per heavy atom. The number of aromatic nitrogens is 1. The van der Waals surface area contributed by atoms with E-state index in [9.17, 15) is 0 Å². The Morgan fingerprint density at radius 1 is 1.36 bits per heavy atom. The molecule has 0 amide bonds. The number of halogens is 3. The van der Waals surface area contributed by atoms with Crippen molar-refractivity contribution in [2.45, 2.75) is 11.8 Å². The number of nitrogens with zero attached hydrogens (tertiary/aromatic N) is 1. The first-order valence-corrected chi connectivity index (χ1v) is 4.74. The summed E-state index contributed by atoms with van der Waals surface area (Å²) in [5, 5.41) is 0.859. The Hall–Kier alpha value is 0.210. The molecular weight excluding hydrogens is 249 g/mol. The Kier molecular flexibility index (Phi) is 3.16. The molecule has 0 spiro atoms. The summed E-state index contributed by atoms with van der Waals surface area (Å²) < 4.78 is 0. The standard InChI is InChI=1S/C7H6BrCl2N/c1-4(8)5-2-6(9)11-7(10)3-5/h2-4H,1H3. The summed E-state index contributed by atoms with van der Waals surface area (Å²) in [6, 6.07) is 3.57. The zero-order valence-electron chi connectivity index (χ0n) is 5.81. The average molecular weight is 255 g/mol. The predicted octanol–water partition coefficient (Wildman–Crippen LogP) is 3.84. The first kappa shape index (κ1) is 9.30. The second-order valence-electron chi connectivity index (χ2n) is 2.16. The number of rotatable bonds is 1. The zero-order valence-corrected chi connectivity index (χ0v) is 8.91. The average Bonchev–Trinajstić information content (AvgIpc) is 1.85. The first-order valence-electron chi connectivity index (χ1n) is 3.06. The highest BCUT2D eigenvalue weighted by atomic mass is 79.9. The molecule has 4 heteroatoms. The summed E-state index contributed by atoms with van der Waals surface area (Å²) in [6.07, 6.45) is 0. The van der Waals surface area contributed by atoms with Gasteiger partial charge in [-0.1, -0.05) is 39.1 Å². The lowest BCUT2D eigenvalue weighted by molar-refractivity contribution is 1.10. The number of pyridine rings is 1. The van der Waals surface area contributed by atoms with Crippen LogP contribution in [-0.4, -0.2) is 4.98 Å². The fourth-order valence-electron chi connectivity index (χ4n) is 0.713. The summed E-state index contributed by atoms with van der Waals surface area (Å²) in [6.45, 7) is 2.00. The van der Waals surface area contributed by atoms with Crippen molar-refractivity contribution in [1.82, 2.24) is 4.98 Å². The molecule has 0 radical (unpaired) electrons. The van der Waals surface area contributed by atoms with Crippen LogP contribution in [-0.2, 0) is 0 Å². The van der Waals surface area contributed by atoms with Gasteiger partial charge in [0, 0.05) is 4.83 Å². The second kappa shape index (κ2) is 3.74. The molecule has 0 aliphatic carbocycles. The van der Waals surface area contributed by atoms with Gasteiger partial charge >= 0.3 is 0 Å². The van der Waals surface area contributed by atoms with Crippen molar-refractivity contribution in [2.24, 2.45) is 0 Å². The molecule has 0 aliphatic heterocycles. The summed E-state index contributed by atoms with van der Waals surface area (Å²) in [5.74, 6) is 0. The van der Waals surface area contributed by atoms with Crippen LogP contribution >= 0.6 is 39.1 Å². The van der Waals surface area contributed by atoms with Crippen LogP contribution in [0.15, 0.2) is 12.1 Å². The third kappa shape index (κ3) is 2.62. The van der Waals surface area contributed by atoms with E-state index in [0.29, 0.717) is 10.3 Å². The largest absolute Gasteiger partial charge is 0.224 e. The van der Waals surface area contributed by atoms with E-state index in [4.69, 9.17) is 23.2 Å². The quantitative estimate of drug-likeness (QED) is 0.548. The maximum absolute atomic E-state index is 5.68. The molecule has 0 aromatic carbocycles. The van der Waals surface area contributed by atoms with E-state index in [-0.39, 0.29) is 4.83 Å². The highest BCUT2D eigenvalue weighted by Crippen LogP contribution is 2.25. The molecule has 60 valence electrons. The van der Waals surface area contributed by atoms with Gasteiger partial charge in [0.1, 0.15) is 10.3 Å². The van der Waals surface area contributed by atoms with Crippen LogP contribution < -0.4 is 0 Å². The van der Waals surface area contributed by atoms with Crippen LogP contribution in [0.1, 0.15) is 17.3 Å². The molecular formula is C7H6BrCl2N. The van der Waals surface area contributed by atoms with Crippen LogP contribution in [0.2, 0.25) is 10.3 Å². The molecule has 1 nitrogen and oxygen atoms in total. The van der Waals surface area contributed by atoms with Crippen molar-refractivity contribution < 1.29 is 0 Å². The van der Waals surface area contributed by atoms with Gasteiger partial charge in [-0.2, -0.15) is 0 Å². The normalized spacial score (nSPS) is 13.1. The molecule has 0 aliphatic rings. The number of hydrogen-bond acceptors (Lipinski definition) is 1. The Balaban J connectivity index is 3.08. The molecule has 0 bridgehead atoms. The number of hydrogen-bond donors (Lipinski definition) is 0. The molecule has 1 unspecified atom stereocenters. The summed E-state index contributed by atoms with van der Waals surface area (Å²) in [7, 11) is 0. The molecule has 1 aromatic heterocycles. The van der Waals surface area contributed by atoms with Gasteiger partial charge in [0.25, 0.3) is 0 Å². The lowest BCUT2D eigenvalue weighted by Crippen LogP contribution is -1.86. The zero-order chi connectivity index (χ0) is 8.43. The predicted molar refractivity (Wildman–Crippen MR) is 51.6 cm³/mol. The van der Waals surface area contributed by atoms with Crippen molar-refractivity contribution in [3.8, 4) is 0 Å². The fourth-order valence-corrected chi connectivity index (χ4v) is 1.45. The van der Waals surface area contributed by atoms with Gasteiger partial charge in [-0.25, -0.2) is 4.98 Å². The van der Waals surface area contributed by atoms with Crippen LogP contribution in [0.5, 0.6) is 0 Å². The van der Waals surface area contributed by atoms with Gasteiger partial charge < -0.3 is 0 Å². The van der Waals surface area contributed by atoms with Gasteiger partial charge in [0.15, 0.2) is 0 Å². The van der Waals surface area contributed by atoms with Crippen molar-refractivity contribution >= 4 is 39.1 Å². The lowest BCUT2D eigenvalue weighted by atomic mass is 10.2. The van der Waals surface area contributed by atoms with Gasteiger partial charge in [-0.05, 0) is 24.6 Å². The molecule has 0 saturated carbocycles. The topological polar surface area (TPSA) is 12.9 Å². The van der Waals surface area contributed by atoms with E-state index in [1.807, 2.05) is 6.92 Å². The third-order valence-corrected chi connectivity index (χ3v) is 2.16. The smallest absolute Gasteiger partial charge is 0.131 e. The monoisotopic (exact) mass is 253 g/mol. The minimum atomic E-state index is 0.250. The Bertz CT molecular complexity index is 242. The summed E-state index contributed by atoms with van der Waals surface area (Å²) >= 11 is 14.8. The van der Waals surface area contributed by atoms with Gasteiger partial charge in [-0.3, -0.25) is 0 Å². The molecule has 0 fully saturated rings. The SMILES string of the molecule is CC(Br)c1cc(Cl)nc(Cl)c1. The highest BCUT2D eigenvalue weighted by molar-refractivity contribution is 9.09. The van der Waals surface area contributed by atoms with E-state index in [1.165, 1.54) is 0 Å². The van der Waals surface area contributed by atoms with Crippen molar-refractivity contribution in [3.63, 3.8) is 0 Å². The number of alkyl halides is 1. The summed E-state index contributed by atoms with van der Waals surface area (Å²) in [5.41, 5.74) is 1.04. The van der Waals surface area contributed by atoms with Crippen LogP contribution in [0, 0.1) is 0 Å². The molecule has 1 aromatic rings. The third-order valence-electron chi connectivity index (χ3n) is 1.24. The molecule has 1 heterocycles. The van der Waals surface area contributed by atoms with Crippen molar-refractivity contribution in [2.75, 3.05) is 0 Å². The van der Waals surface area contributed by atoms with Crippen molar-refractivity contribution in [1.29, 1.82) is 0 Å². The fraction of sp³-hybridized carbons (Fsp3) is 0.286. The minimum absolute atomic E-state index is 0.250. The molecule has 0 saturated heterocycles. The minimum Gasteiger partial charge on any atom is -0.224 e. The van der Waals surface area contributed by atoms with Crippen LogP contribution in [0.4, 0.5) is 0 Å². The van der Waals surface area contributed by atoms with Gasteiger partial charge in [-0.15, -0.1) is 0 Å². The molecule has 1 atom stereocenters. The van der Waals surface area contributed by atoms with Gasteiger partial charge in [0.2, 0.25) is 0 Å². The van der Waals surface area contributed by atoms with E-state index < -0.39 is 0 Å².